The third kappa shape index (κ3) is 2.48. The molecule has 3 nitrogen and oxygen atoms in total. The van der Waals surface area contributed by atoms with Crippen LogP contribution in [0.4, 0.5) is 0 Å². The Labute approximate surface area is 91.5 Å². The Morgan fingerprint density at radius 2 is 1.80 bits per heavy atom. The fraction of sp³-hybridized carbons (Fsp3) is 0.667. The van der Waals surface area contributed by atoms with Gasteiger partial charge in [0.05, 0.1) is 6.61 Å². The molecule has 0 aromatic heterocycles. The summed E-state index contributed by atoms with van der Waals surface area (Å²) in [6.07, 6.45) is 2.60. The Hall–Kier alpha value is -0.640. The van der Waals surface area contributed by atoms with Crippen molar-refractivity contribution in [2.24, 2.45) is 0 Å². The second-order valence-electron chi connectivity index (χ2n) is 4.70. The molecule has 2 aliphatic rings. The molecule has 2 bridgehead atoms. The van der Waals surface area contributed by atoms with Crippen LogP contribution in [0.5, 0.6) is 0 Å². The lowest BCUT2D eigenvalue weighted by Crippen LogP contribution is -2.51. The van der Waals surface area contributed by atoms with Crippen LogP contribution < -0.4 is 5.32 Å². The zero-order valence-corrected chi connectivity index (χ0v) is 9.21. The monoisotopic (exact) mass is 208 g/mol. The summed E-state index contributed by atoms with van der Waals surface area (Å²) in [5.41, 5.74) is 1.74. The minimum atomic E-state index is 0.0256. The smallest absolute Gasteiger partial charge is 0.0679 e. The maximum absolute atomic E-state index is 8.96. The molecule has 0 aromatic carbocycles. The molecule has 2 unspecified atom stereocenters. The van der Waals surface area contributed by atoms with Crippen LogP contribution >= 0.6 is 0 Å². The van der Waals surface area contributed by atoms with E-state index in [9.17, 15) is 0 Å². The van der Waals surface area contributed by atoms with Crippen LogP contribution in [0, 0.1) is 0 Å². The van der Waals surface area contributed by atoms with E-state index >= 15 is 0 Å². The molecule has 0 amide bonds. The fourth-order valence-corrected chi connectivity index (χ4v) is 2.51. The lowest BCUT2D eigenvalue weighted by molar-refractivity contribution is 0.210. The van der Waals surface area contributed by atoms with Gasteiger partial charge in [-0.25, -0.2) is 0 Å². The maximum atomic E-state index is 8.96. The van der Waals surface area contributed by atoms with Crippen molar-refractivity contribution in [2.75, 3.05) is 26.2 Å². The number of rotatable bonds is 4. The molecule has 2 rings (SSSR count). The Morgan fingerprint density at radius 3 is 2.33 bits per heavy atom. The van der Waals surface area contributed by atoms with Gasteiger partial charge >= 0.3 is 0 Å². The number of hydrogen-bond acceptors (Lipinski definition) is 3. The molecular formula is C12H20N2O. The molecule has 2 atom stereocenters. The minimum absolute atomic E-state index is 0.0256. The zero-order chi connectivity index (χ0) is 10.8. The van der Waals surface area contributed by atoms with E-state index in [1.807, 2.05) is 0 Å². The number of fused-ring (bicyclic) bond motifs is 2. The van der Waals surface area contributed by atoms with Gasteiger partial charge in [0.2, 0.25) is 0 Å². The highest BCUT2D eigenvalue weighted by atomic mass is 16.3. The molecule has 15 heavy (non-hydrogen) atoms. The zero-order valence-electron chi connectivity index (χ0n) is 9.21. The summed E-state index contributed by atoms with van der Waals surface area (Å²) in [5, 5.41) is 12.6. The normalized spacial score (nSPS) is 30.5. The van der Waals surface area contributed by atoms with Crippen molar-refractivity contribution in [1.29, 1.82) is 0 Å². The van der Waals surface area contributed by atoms with E-state index < -0.39 is 0 Å². The average Bonchev–Trinajstić information content (AvgIpc) is 2.57. The molecule has 2 heterocycles. The molecule has 0 spiro atoms. The molecular weight excluding hydrogens is 188 g/mol. The first-order valence-electron chi connectivity index (χ1n) is 5.64. The van der Waals surface area contributed by atoms with Crippen LogP contribution in [0.15, 0.2) is 24.3 Å². The third-order valence-electron chi connectivity index (χ3n) is 3.40. The summed E-state index contributed by atoms with van der Waals surface area (Å²) < 4.78 is 0. The maximum Gasteiger partial charge on any atom is 0.0679 e. The molecule has 0 saturated carbocycles. The number of nitrogens with zero attached hydrogens (tertiary/aromatic N) is 1. The number of aliphatic hydroxyl groups excluding tert-OH is 1. The van der Waals surface area contributed by atoms with Crippen molar-refractivity contribution < 1.29 is 5.11 Å². The first-order valence-corrected chi connectivity index (χ1v) is 5.64. The average molecular weight is 208 g/mol. The number of piperazine rings is 1. The summed E-state index contributed by atoms with van der Waals surface area (Å²) in [7, 11) is 0. The van der Waals surface area contributed by atoms with Gasteiger partial charge in [0.15, 0.2) is 0 Å². The fourth-order valence-electron chi connectivity index (χ4n) is 2.51. The van der Waals surface area contributed by atoms with E-state index in [0.717, 1.165) is 30.8 Å². The molecule has 2 aliphatic heterocycles. The minimum Gasteiger partial charge on any atom is -0.392 e. The van der Waals surface area contributed by atoms with Crippen LogP contribution in [0.25, 0.3) is 0 Å². The summed E-state index contributed by atoms with van der Waals surface area (Å²) in [6, 6.07) is 1.33. The highest BCUT2D eigenvalue weighted by Gasteiger charge is 2.31. The Kier molecular flexibility index (Phi) is 3.24. The van der Waals surface area contributed by atoms with Crippen molar-refractivity contribution in [3.8, 4) is 0 Å². The van der Waals surface area contributed by atoms with E-state index in [1.54, 1.807) is 0 Å². The lowest BCUT2D eigenvalue weighted by Gasteiger charge is -2.33. The second kappa shape index (κ2) is 4.47. The Morgan fingerprint density at radius 1 is 1.20 bits per heavy atom. The molecule has 2 N–H and O–H groups in total. The number of hydrogen-bond donors (Lipinski definition) is 2. The van der Waals surface area contributed by atoms with Crippen molar-refractivity contribution in [3.05, 3.63) is 24.3 Å². The largest absolute Gasteiger partial charge is 0.392 e. The predicted molar refractivity (Wildman–Crippen MR) is 61.8 cm³/mol. The summed E-state index contributed by atoms with van der Waals surface area (Å²) in [4.78, 5) is 2.42. The van der Waals surface area contributed by atoms with Gasteiger partial charge < -0.3 is 10.4 Å². The van der Waals surface area contributed by atoms with Gasteiger partial charge in [0, 0.05) is 31.7 Å². The number of likely N-dealkylation sites (tertiary alicyclic amines) is 1. The molecule has 2 fully saturated rings. The quantitative estimate of drug-likeness (QED) is 0.661. The number of nitrogens with one attached hydrogen (secondary N) is 1. The number of aliphatic hydroxyl groups is 1. The Bertz CT molecular complexity index is 263. The first-order chi connectivity index (χ1) is 7.19. The van der Waals surface area contributed by atoms with Crippen molar-refractivity contribution in [3.63, 3.8) is 0 Å². The van der Waals surface area contributed by atoms with Crippen LogP contribution in [0.2, 0.25) is 0 Å². The molecule has 2 saturated heterocycles. The molecule has 84 valence electrons. The molecule has 0 aliphatic carbocycles. The summed E-state index contributed by atoms with van der Waals surface area (Å²) >= 11 is 0. The highest BCUT2D eigenvalue weighted by molar-refractivity contribution is 5.26. The van der Waals surface area contributed by atoms with Crippen molar-refractivity contribution in [2.45, 2.75) is 24.9 Å². The first kappa shape index (κ1) is 10.9. The standard InChI is InChI=1S/C12H20N2O/c1-9(10(2)8-15)5-14-6-11-3-4-12(7-14)13-11/h11-13,15H,1-8H2. The van der Waals surface area contributed by atoms with Crippen molar-refractivity contribution >= 4 is 0 Å². The van der Waals surface area contributed by atoms with Crippen LogP contribution in [-0.4, -0.2) is 48.3 Å². The van der Waals surface area contributed by atoms with Gasteiger partial charge in [0.25, 0.3) is 0 Å². The van der Waals surface area contributed by atoms with Gasteiger partial charge in [0.1, 0.15) is 0 Å². The van der Waals surface area contributed by atoms with Gasteiger partial charge in [-0.15, -0.1) is 0 Å². The van der Waals surface area contributed by atoms with Gasteiger partial charge in [-0.2, -0.15) is 0 Å². The van der Waals surface area contributed by atoms with E-state index in [4.69, 9.17) is 5.11 Å². The van der Waals surface area contributed by atoms with Crippen LogP contribution in [0.1, 0.15) is 12.8 Å². The summed E-state index contributed by atoms with van der Waals surface area (Å²) in [6.45, 7) is 10.9. The van der Waals surface area contributed by atoms with Gasteiger partial charge in [-0.05, 0) is 24.0 Å². The Balaban J connectivity index is 1.85. The molecule has 0 aromatic rings. The SMILES string of the molecule is C=C(CO)C(=C)CN1CC2CCC(C1)N2. The topological polar surface area (TPSA) is 35.5 Å². The molecule has 0 radical (unpaired) electrons. The van der Waals surface area contributed by atoms with Crippen molar-refractivity contribution in [1.82, 2.24) is 10.2 Å². The predicted octanol–water partition coefficient (Wildman–Crippen LogP) is 0.527. The highest BCUT2D eigenvalue weighted by Crippen LogP contribution is 2.21. The summed E-state index contributed by atoms with van der Waals surface area (Å²) in [5.74, 6) is 0. The van der Waals surface area contributed by atoms with Gasteiger partial charge in [-0.3, -0.25) is 4.90 Å². The van der Waals surface area contributed by atoms with Crippen LogP contribution in [-0.2, 0) is 0 Å². The lowest BCUT2D eigenvalue weighted by atomic mass is 10.1. The van der Waals surface area contributed by atoms with Crippen LogP contribution in [0.3, 0.4) is 0 Å². The van der Waals surface area contributed by atoms with E-state index in [1.165, 1.54) is 12.8 Å². The second-order valence-corrected chi connectivity index (χ2v) is 4.70. The van der Waals surface area contributed by atoms with E-state index in [2.05, 4.69) is 23.4 Å². The van der Waals surface area contributed by atoms with E-state index in [0.29, 0.717) is 12.1 Å². The third-order valence-corrected chi connectivity index (χ3v) is 3.40. The van der Waals surface area contributed by atoms with E-state index in [-0.39, 0.29) is 6.61 Å². The molecule has 3 heteroatoms. The van der Waals surface area contributed by atoms with Gasteiger partial charge in [-0.1, -0.05) is 13.2 Å².